The maximum absolute atomic E-state index is 12.0. The van der Waals surface area contributed by atoms with Crippen LogP contribution in [0.15, 0.2) is 29.2 Å². The largest absolute Gasteiger partial charge is 0.308 e. The number of sulfonamides is 1. The van der Waals surface area contributed by atoms with E-state index in [4.69, 9.17) is 0 Å². The van der Waals surface area contributed by atoms with E-state index in [0.717, 1.165) is 17.7 Å². The van der Waals surface area contributed by atoms with Gasteiger partial charge in [-0.2, -0.15) is 11.8 Å². The van der Waals surface area contributed by atoms with E-state index in [1.165, 1.54) is 4.31 Å². The molecule has 0 saturated heterocycles. The van der Waals surface area contributed by atoms with Gasteiger partial charge in [-0.25, -0.2) is 12.7 Å². The lowest BCUT2D eigenvalue weighted by molar-refractivity contribution is 0.471. The van der Waals surface area contributed by atoms with Crippen molar-refractivity contribution in [2.75, 3.05) is 26.1 Å². The van der Waals surface area contributed by atoms with E-state index in [-0.39, 0.29) is 6.04 Å². The van der Waals surface area contributed by atoms with Gasteiger partial charge in [-0.05, 0) is 50.0 Å². The SMILES string of the molecule is CSCCC(C)NC(C)c1ccc(S(=O)(=O)N(C)C)cc1. The van der Waals surface area contributed by atoms with E-state index in [2.05, 4.69) is 25.4 Å². The summed E-state index contributed by atoms with van der Waals surface area (Å²) in [7, 11) is -0.259. The van der Waals surface area contributed by atoms with Crippen LogP contribution in [0.1, 0.15) is 31.9 Å². The van der Waals surface area contributed by atoms with Crippen LogP contribution in [-0.4, -0.2) is 44.9 Å². The zero-order valence-corrected chi connectivity index (χ0v) is 15.1. The Balaban J connectivity index is 2.74. The van der Waals surface area contributed by atoms with Crippen LogP contribution in [0.4, 0.5) is 0 Å². The van der Waals surface area contributed by atoms with Crippen molar-refractivity contribution in [2.45, 2.75) is 37.2 Å². The molecule has 0 bridgehead atoms. The molecule has 2 unspecified atom stereocenters. The second-order valence-corrected chi connectivity index (χ2v) is 8.56. The predicted molar refractivity (Wildman–Crippen MR) is 91.3 cm³/mol. The zero-order valence-electron chi connectivity index (χ0n) is 13.5. The second kappa shape index (κ2) is 8.17. The lowest BCUT2D eigenvalue weighted by Gasteiger charge is -2.20. The number of rotatable bonds is 8. The van der Waals surface area contributed by atoms with Gasteiger partial charge >= 0.3 is 0 Å². The highest BCUT2D eigenvalue weighted by Crippen LogP contribution is 2.19. The molecular weight excluding hydrogens is 304 g/mol. The zero-order chi connectivity index (χ0) is 16.0. The molecule has 0 aromatic heterocycles. The van der Waals surface area contributed by atoms with Crippen LogP contribution in [0, 0.1) is 0 Å². The molecule has 0 spiro atoms. The van der Waals surface area contributed by atoms with Crippen molar-refractivity contribution in [1.29, 1.82) is 0 Å². The third-order valence-electron chi connectivity index (χ3n) is 3.45. The van der Waals surface area contributed by atoms with Crippen LogP contribution in [-0.2, 0) is 10.0 Å². The normalized spacial score (nSPS) is 15.1. The van der Waals surface area contributed by atoms with Crippen LogP contribution >= 0.6 is 11.8 Å². The molecule has 6 heteroatoms. The fourth-order valence-electron chi connectivity index (χ4n) is 2.04. The first-order valence-electron chi connectivity index (χ1n) is 7.06. The first-order valence-corrected chi connectivity index (χ1v) is 9.90. The van der Waals surface area contributed by atoms with Gasteiger partial charge in [0.1, 0.15) is 0 Å². The number of nitrogens with one attached hydrogen (secondary N) is 1. The minimum atomic E-state index is -3.34. The highest BCUT2D eigenvalue weighted by atomic mass is 32.2. The third-order valence-corrected chi connectivity index (χ3v) is 5.92. The van der Waals surface area contributed by atoms with Gasteiger partial charge in [0.05, 0.1) is 4.90 Å². The van der Waals surface area contributed by atoms with E-state index >= 15 is 0 Å². The van der Waals surface area contributed by atoms with Gasteiger partial charge in [-0.15, -0.1) is 0 Å². The summed E-state index contributed by atoms with van der Waals surface area (Å²) in [6.45, 7) is 4.28. The number of hydrogen-bond acceptors (Lipinski definition) is 4. The van der Waals surface area contributed by atoms with E-state index in [9.17, 15) is 8.42 Å². The molecule has 0 saturated carbocycles. The van der Waals surface area contributed by atoms with Gasteiger partial charge in [-0.3, -0.25) is 0 Å². The predicted octanol–water partition coefficient (Wildman–Crippen LogP) is 2.73. The fourth-order valence-corrected chi connectivity index (χ4v) is 3.53. The maximum atomic E-state index is 12.0. The van der Waals surface area contributed by atoms with Crippen molar-refractivity contribution in [1.82, 2.24) is 9.62 Å². The summed E-state index contributed by atoms with van der Waals surface area (Å²) in [6, 6.07) is 7.77. The third kappa shape index (κ3) is 5.29. The fraction of sp³-hybridized carbons (Fsp3) is 0.600. The molecule has 1 N–H and O–H groups in total. The lowest BCUT2D eigenvalue weighted by Crippen LogP contribution is -2.29. The van der Waals surface area contributed by atoms with Gasteiger partial charge in [0.25, 0.3) is 0 Å². The summed E-state index contributed by atoms with van der Waals surface area (Å²) in [5, 5.41) is 3.54. The smallest absolute Gasteiger partial charge is 0.242 e. The van der Waals surface area contributed by atoms with Crippen LogP contribution < -0.4 is 5.32 Å². The summed E-state index contributed by atoms with van der Waals surface area (Å²) in [5.41, 5.74) is 1.10. The Bertz CT molecular complexity index is 527. The second-order valence-electron chi connectivity index (χ2n) is 5.43. The Morgan fingerprint density at radius 2 is 1.76 bits per heavy atom. The summed E-state index contributed by atoms with van der Waals surface area (Å²) in [4.78, 5) is 0.332. The lowest BCUT2D eigenvalue weighted by atomic mass is 10.1. The number of thioether (sulfide) groups is 1. The van der Waals surface area contributed by atoms with Gasteiger partial charge in [0.2, 0.25) is 10.0 Å². The minimum absolute atomic E-state index is 0.206. The molecule has 0 aliphatic rings. The first kappa shape index (κ1) is 18.5. The molecular formula is C15H26N2O2S2. The monoisotopic (exact) mass is 330 g/mol. The quantitative estimate of drug-likeness (QED) is 0.796. The number of benzene rings is 1. The average Bonchev–Trinajstić information content (AvgIpc) is 2.45. The molecule has 21 heavy (non-hydrogen) atoms. The number of nitrogens with zero attached hydrogens (tertiary/aromatic N) is 1. The van der Waals surface area contributed by atoms with Gasteiger partial charge < -0.3 is 5.32 Å². The Kier molecular flexibility index (Phi) is 7.20. The maximum Gasteiger partial charge on any atom is 0.242 e. The summed E-state index contributed by atoms with van der Waals surface area (Å²) in [6.07, 6.45) is 3.23. The van der Waals surface area contributed by atoms with Crippen LogP contribution in [0.3, 0.4) is 0 Å². The average molecular weight is 331 g/mol. The molecule has 4 nitrogen and oxygen atoms in total. The van der Waals surface area contributed by atoms with Crippen molar-refractivity contribution in [3.05, 3.63) is 29.8 Å². The molecule has 0 heterocycles. The molecule has 1 rings (SSSR count). The first-order chi connectivity index (χ1) is 9.78. The molecule has 0 radical (unpaired) electrons. The van der Waals surface area contributed by atoms with Crippen LogP contribution in [0.2, 0.25) is 0 Å². The summed E-state index contributed by atoms with van der Waals surface area (Å²) >= 11 is 1.85. The summed E-state index contributed by atoms with van der Waals surface area (Å²) < 4.78 is 25.3. The standard InChI is InChI=1S/C15H26N2O2S2/c1-12(10-11-20-5)16-13(2)14-6-8-15(9-7-14)21(18,19)17(3)4/h6-9,12-13,16H,10-11H2,1-5H3. The molecule has 0 aliphatic carbocycles. The molecule has 1 aromatic carbocycles. The molecule has 0 aliphatic heterocycles. The molecule has 0 fully saturated rings. The molecule has 2 atom stereocenters. The van der Waals surface area contributed by atoms with Gasteiger partial charge in [0.15, 0.2) is 0 Å². The van der Waals surface area contributed by atoms with Gasteiger partial charge in [0, 0.05) is 26.2 Å². The van der Waals surface area contributed by atoms with E-state index in [0.29, 0.717) is 10.9 Å². The highest BCUT2D eigenvalue weighted by molar-refractivity contribution is 7.98. The highest BCUT2D eigenvalue weighted by Gasteiger charge is 2.17. The van der Waals surface area contributed by atoms with Gasteiger partial charge in [-0.1, -0.05) is 12.1 Å². The molecule has 120 valence electrons. The number of hydrogen-bond donors (Lipinski definition) is 1. The molecule has 1 aromatic rings. The van der Waals surface area contributed by atoms with Crippen molar-refractivity contribution in [2.24, 2.45) is 0 Å². The van der Waals surface area contributed by atoms with Crippen LogP contribution in [0.5, 0.6) is 0 Å². The topological polar surface area (TPSA) is 49.4 Å². The van der Waals surface area contributed by atoms with Crippen molar-refractivity contribution in [3.8, 4) is 0 Å². The van der Waals surface area contributed by atoms with E-state index in [1.807, 2.05) is 23.9 Å². The van der Waals surface area contributed by atoms with Crippen molar-refractivity contribution >= 4 is 21.8 Å². The summed E-state index contributed by atoms with van der Waals surface area (Å²) in [5.74, 6) is 1.14. The van der Waals surface area contributed by atoms with E-state index < -0.39 is 10.0 Å². The van der Waals surface area contributed by atoms with Crippen molar-refractivity contribution in [3.63, 3.8) is 0 Å². The molecule has 0 amide bonds. The van der Waals surface area contributed by atoms with Crippen molar-refractivity contribution < 1.29 is 8.42 Å². The Morgan fingerprint density at radius 3 is 2.24 bits per heavy atom. The van der Waals surface area contributed by atoms with Crippen LogP contribution in [0.25, 0.3) is 0 Å². The Hall–Kier alpha value is -0.560. The minimum Gasteiger partial charge on any atom is -0.308 e. The Morgan fingerprint density at radius 1 is 1.19 bits per heavy atom. The van der Waals surface area contributed by atoms with E-state index in [1.54, 1.807) is 26.2 Å². The Labute approximate surface area is 133 Å².